The molecule has 0 aromatic carbocycles. The first-order valence-corrected chi connectivity index (χ1v) is 6.06. The largest absolute Gasteiger partial charge is 0.366 e. The second kappa shape index (κ2) is 6.27. The van der Waals surface area contributed by atoms with Crippen molar-refractivity contribution in [2.24, 2.45) is 0 Å². The summed E-state index contributed by atoms with van der Waals surface area (Å²) in [4.78, 5) is 0. The van der Waals surface area contributed by atoms with Gasteiger partial charge in [0.1, 0.15) is 10.2 Å². The van der Waals surface area contributed by atoms with Crippen LogP contribution in [0.3, 0.4) is 0 Å². The average Bonchev–Trinajstić information content (AvgIpc) is 2.52. The van der Waals surface area contributed by atoms with E-state index < -0.39 is 0 Å². The Balaban J connectivity index is 2.38. The zero-order valence-corrected chi connectivity index (χ0v) is 11.5. The van der Waals surface area contributed by atoms with Gasteiger partial charge in [-0.05, 0) is 25.6 Å². The molecule has 0 saturated heterocycles. The molecule has 0 spiro atoms. The van der Waals surface area contributed by atoms with Crippen LogP contribution in [-0.2, 0) is 6.54 Å². The number of nitrogens with zero attached hydrogens (tertiary/aromatic N) is 2. The molecule has 7 heteroatoms. The number of hydrogen-bond acceptors (Lipinski definition) is 2. The van der Waals surface area contributed by atoms with Crippen LogP contribution in [0.4, 0.5) is 0 Å². The second-order valence-corrected chi connectivity index (χ2v) is 4.42. The summed E-state index contributed by atoms with van der Waals surface area (Å²) < 4.78 is 1.70. The van der Waals surface area contributed by atoms with Gasteiger partial charge in [0.15, 0.2) is 5.11 Å². The van der Waals surface area contributed by atoms with Crippen LogP contribution in [0.2, 0.25) is 10.2 Å². The fraction of sp³-hybridized carbons (Fsp3) is 0.556. The van der Waals surface area contributed by atoms with Crippen molar-refractivity contribution >= 4 is 40.5 Å². The highest BCUT2D eigenvalue weighted by Gasteiger charge is 2.10. The van der Waals surface area contributed by atoms with E-state index in [0.717, 1.165) is 18.7 Å². The summed E-state index contributed by atoms with van der Waals surface area (Å²) in [5, 5.41) is 11.8. The SMILES string of the molecule is CNC(=S)NCCCn1nc(C)c(Cl)c1Cl. The number of halogens is 2. The van der Waals surface area contributed by atoms with E-state index in [1.807, 2.05) is 6.92 Å². The Hall–Kier alpha value is -0.520. The predicted molar refractivity (Wildman–Crippen MR) is 71.3 cm³/mol. The maximum Gasteiger partial charge on any atom is 0.166 e. The third kappa shape index (κ3) is 3.50. The first-order chi connectivity index (χ1) is 7.56. The molecular weight excluding hydrogens is 267 g/mol. The van der Waals surface area contributed by atoms with Gasteiger partial charge in [-0.1, -0.05) is 23.2 Å². The fourth-order valence-corrected chi connectivity index (χ4v) is 1.70. The molecule has 1 aromatic heterocycles. The van der Waals surface area contributed by atoms with Gasteiger partial charge in [-0.25, -0.2) is 0 Å². The fourth-order valence-electron chi connectivity index (χ4n) is 1.20. The van der Waals surface area contributed by atoms with Crippen LogP contribution in [0.1, 0.15) is 12.1 Å². The van der Waals surface area contributed by atoms with Gasteiger partial charge in [0.05, 0.1) is 5.69 Å². The van der Waals surface area contributed by atoms with E-state index >= 15 is 0 Å². The lowest BCUT2D eigenvalue weighted by Crippen LogP contribution is -2.33. The molecule has 0 radical (unpaired) electrons. The molecule has 0 bridgehead atoms. The molecule has 1 heterocycles. The normalized spacial score (nSPS) is 10.2. The topological polar surface area (TPSA) is 41.9 Å². The number of nitrogens with one attached hydrogen (secondary N) is 2. The van der Waals surface area contributed by atoms with E-state index in [1.165, 1.54) is 0 Å². The Kier molecular flexibility index (Phi) is 5.31. The molecule has 90 valence electrons. The van der Waals surface area contributed by atoms with Crippen molar-refractivity contribution in [2.45, 2.75) is 19.9 Å². The minimum Gasteiger partial charge on any atom is -0.366 e. The lowest BCUT2D eigenvalue weighted by Gasteiger charge is -2.07. The zero-order chi connectivity index (χ0) is 12.1. The van der Waals surface area contributed by atoms with E-state index in [0.29, 0.717) is 21.8 Å². The summed E-state index contributed by atoms with van der Waals surface area (Å²) in [6, 6.07) is 0. The molecule has 0 saturated carbocycles. The molecule has 1 aromatic rings. The average molecular weight is 281 g/mol. The number of hydrogen-bond donors (Lipinski definition) is 2. The van der Waals surface area contributed by atoms with Crippen LogP contribution in [0.25, 0.3) is 0 Å². The van der Waals surface area contributed by atoms with Crippen molar-refractivity contribution in [1.29, 1.82) is 0 Å². The Morgan fingerprint density at radius 2 is 2.19 bits per heavy atom. The molecule has 1 rings (SSSR count). The maximum absolute atomic E-state index is 5.99. The third-order valence-electron chi connectivity index (χ3n) is 2.06. The number of rotatable bonds is 4. The summed E-state index contributed by atoms with van der Waals surface area (Å²) in [6.07, 6.45) is 0.874. The molecule has 16 heavy (non-hydrogen) atoms. The van der Waals surface area contributed by atoms with E-state index in [4.69, 9.17) is 35.4 Å². The van der Waals surface area contributed by atoms with E-state index in [2.05, 4.69) is 15.7 Å². The molecule has 0 aliphatic carbocycles. The van der Waals surface area contributed by atoms with E-state index in [-0.39, 0.29) is 0 Å². The highest BCUT2D eigenvalue weighted by atomic mass is 35.5. The van der Waals surface area contributed by atoms with Crippen molar-refractivity contribution in [3.63, 3.8) is 0 Å². The van der Waals surface area contributed by atoms with Gasteiger partial charge < -0.3 is 10.6 Å². The summed E-state index contributed by atoms with van der Waals surface area (Å²) >= 11 is 16.9. The van der Waals surface area contributed by atoms with Crippen LogP contribution in [0.5, 0.6) is 0 Å². The molecule has 0 fully saturated rings. The van der Waals surface area contributed by atoms with Gasteiger partial charge in [-0.15, -0.1) is 0 Å². The molecule has 2 N–H and O–H groups in total. The molecule has 0 aliphatic heterocycles. The molecule has 0 amide bonds. The quantitative estimate of drug-likeness (QED) is 0.654. The van der Waals surface area contributed by atoms with Crippen molar-refractivity contribution in [3.8, 4) is 0 Å². The van der Waals surface area contributed by atoms with Gasteiger partial charge in [0.2, 0.25) is 0 Å². The van der Waals surface area contributed by atoms with Crippen molar-refractivity contribution in [3.05, 3.63) is 15.9 Å². The van der Waals surface area contributed by atoms with Gasteiger partial charge >= 0.3 is 0 Å². The van der Waals surface area contributed by atoms with Gasteiger partial charge in [0, 0.05) is 20.1 Å². The summed E-state index contributed by atoms with van der Waals surface area (Å²) in [6.45, 7) is 3.32. The first-order valence-electron chi connectivity index (χ1n) is 4.90. The number of thiocarbonyl (C=S) groups is 1. The third-order valence-corrected chi connectivity index (χ3v) is 3.34. The molecule has 0 atom stereocenters. The van der Waals surface area contributed by atoms with Crippen LogP contribution in [0.15, 0.2) is 0 Å². The van der Waals surface area contributed by atoms with Crippen LogP contribution < -0.4 is 10.6 Å². The van der Waals surface area contributed by atoms with E-state index in [1.54, 1.807) is 11.7 Å². The monoisotopic (exact) mass is 280 g/mol. The Morgan fingerprint density at radius 1 is 1.50 bits per heavy atom. The summed E-state index contributed by atoms with van der Waals surface area (Å²) in [5.41, 5.74) is 0.755. The van der Waals surface area contributed by atoms with Crippen LogP contribution in [0, 0.1) is 6.92 Å². The van der Waals surface area contributed by atoms with Gasteiger partial charge in [0.25, 0.3) is 0 Å². The molecular formula is C9H14Cl2N4S. The molecule has 4 nitrogen and oxygen atoms in total. The van der Waals surface area contributed by atoms with Crippen molar-refractivity contribution < 1.29 is 0 Å². The zero-order valence-electron chi connectivity index (χ0n) is 9.18. The smallest absolute Gasteiger partial charge is 0.166 e. The molecule has 0 aliphatic rings. The number of aryl methyl sites for hydroxylation is 2. The minimum atomic E-state index is 0.496. The second-order valence-electron chi connectivity index (χ2n) is 3.27. The van der Waals surface area contributed by atoms with Crippen molar-refractivity contribution in [1.82, 2.24) is 20.4 Å². The lowest BCUT2D eigenvalue weighted by atomic mass is 10.4. The van der Waals surface area contributed by atoms with Gasteiger partial charge in [-0.2, -0.15) is 5.10 Å². The Morgan fingerprint density at radius 3 is 2.69 bits per heavy atom. The standard InChI is InChI=1S/C9H14Cl2N4S/c1-6-7(10)8(11)15(14-6)5-3-4-13-9(16)12-2/h3-5H2,1-2H3,(H2,12,13,16). The highest BCUT2D eigenvalue weighted by Crippen LogP contribution is 2.24. The lowest BCUT2D eigenvalue weighted by molar-refractivity contribution is 0.570. The molecule has 0 unspecified atom stereocenters. The highest BCUT2D eigenvalue weighted by molar-refractivity contribution is 7.80. The van der Waals surface area contributed by atoms with Crippen LogP contribution in [-0.4, -0.2) is 28.5 Å². The minimum absolute atomic E-state index is 0.496. The van der Waals surface area contributed by atoms with Crippen molar-refractivity contribution in [2.75, 3.05) is 13.6 Å². The van der Waals surface area contributed by atoms with E-state index in [9.17, 15) is 0 Å². The summed E-state index contributed by atoms with van der Waals surface area (Å²) in [7, 11) is 1.78. The number of aromatic nitrogens is 2. The summed E-state index contributed by atoms with van der Waals surface area (Å²) in [5.74, 6) is 0. The Labute approximate surface area is 110 Å². The van der Waals surface area contributed by atoms with Crippen LogP contribution >= 0.6 is 35.4 Å². The van der Waals surface area contributed by atoms with Gasteiger partial charge in [-0.3, -0.25) is 4.68 Å². The first kappa shape index (κ1) is 13.5. The maximum atomic E-state index is 5.99. The Bertz CT molecular complexity index is 378. The predicted octanol–water partition coefficient (Wildman–Crippen LogP) is 1.98.